The fraction of sp³-hybridized carbons (Fsp3) is 0.692. The van der Waals surface area contributed by atoms with Crippen LogP contribution in [0.15, 0.2) is 12.1 Å². The predicted octanol–water partition coefficient (Wildman–Crippen LogP) is 2.91. The molecule has 92 valence electrons. The monoisotopic (exact) mass is 240 g/mol. The van der Waals surface area contributed by atoms with Crippen molar-refractivity contribution in [2.75, 3.05) is 26.7 Å². The lowest BCUT2D eigenvalue weighted by atomic mass is 10.2. The Morgan fingerprint density at radius 1 is 1.38 bits per heavy atom. The highest BCUT2D eigenvalue weighted by atomic mass is 32.1. The maximum atomic E-state index is 3.57. The minimum atomic E-state index is 0.482. The number of hydrogen-bond acceptors (Lipinski definition) is 3. The smallest absolute Gasteiger partial charge is 0.0386 e. The first kappa shape index (κ1) is 13.7. The van der Waals surface area contributed by atoms with Gasteiger partial charge in [0, 0.05) is 28.9 Å². The summed E-state index contributed by atoms with van der Waals surface area (Å²) in [5.74, 6) is 0. The third-order valence-corrected chi connectivity index (χ3v) is 4.35. The number of rotatable bonds is 7. The number of aryl methyl sites for hydroxylation is 1. The van der Waals surface area contributed by atoms with Crippen LogP contribution < -0.4 is 5.32 Å². The molecule has 0 aliphatic heterocycles. The molecule has 0 bridgehead atoms. The molecule has 1 N–H and O–H groups in total. The van der Waals surface area contributed by atoms with Gasteiger partial charge in [0.15, 0.2) is 0 Å². The third kappa shape index (κ3) is 4.24. The Kier molecular flexibility index (Phi) is 6.03. The van der Waals surface area contributed by atoms with Crippen LogP contribution in [-0.2, 0) is 6.42 Å². The second-order valence-corrected chi connectivity index (χ2v) is 5.43. The average molecular weight is 240 g/mol. The number of thiophene rings is 1. The van der Waals surface area contributed by atoms with Crippen molar-refractivity contribution in [3.63, 3.8) is 0 Å². The van der Waals surface area contributed by atoms with Crippen LogP contribution in [0.1, 0.15) is 36.6 Å². The quantitative estimate of drug-likeness (QED) is 0.788. The van der Waals surface area contributed by atoms with E-state index in [4.69, 9.17) is 0 Å². The fourth-order valence-electron chi connectivity index (χ4n) is 1.55. The van der Waals surface area contributed by atoms with E-state index in [1.807, 2.05) is 11.3 Å². The number of likely N-dealkylation sites (N-methyl/N-ethyl adjacent to an activating group) is 1. The number of nitrogens with one attached hydrogen (secondary N) is 1. The molecule has 1 aromatic heterocycles. The maximum Gasteiger partial charge on any atom is 0.0386 e. The van der Waals surface area contributed by atoms with Crippen LogP contribution in [0.25, 0.3) is 0 Å². The summed E-state index contributed by atoms with van der Waals surface area (Å²) in [6, 6.07) is 4.98. The van der Waals surface area contributed by atoms with E-state index < -0.39 is 0 Å². The first-order valence-corrected chi connectivity index (χ1v) is 6.99. The van der Waals surface area contributed by atoms with Gasteiger partial charge in [-0.1, -0.05) is 13.8 Å². The van der Waals surface area contributed by atoms with Gasteiger partial charge in [0.2, 0.25) is 0 Å². The van der Waals surface area contributed by atoms with Crippen molar-refractivity contribution in [3.8, 4) is 0 Å². The van der Waals surface area contributed by atoms with E-state index in [0.29, 0.717) is 6.04 Å². The zero-order valence-electron chi connectivity index (χ0n) is 10.9. The van der Waals surface area contributed by atoms with Crippen LogP contribution in [0.4, 0.5) is 0 Å². The maximum absolute atomic E-state index is 3.57. The lowest BCUT2D eigenvalue weighted by molar-refractivity contribution is 0.343. The van der Waals surface area contributed by atoms with Gasteiger partial charge in [-0.15, -0.1) is 11.3 Å². The van der Waals surface area contributed by atoms with Gasteiger partial charge >= 0.3 is 0 Å². The molecule has 0 amide bonds. The molecular formula is C13H24N2S. The van der Waals surface area contributed by atoms with Crippen LogP contribution >= 0.6 is 11.3 Å². The summed E-state index contributed by atoms with van der Waals surface area (Å²) < 4.78 is 0. The van der Waals surface area contributed by atoms with Gasteiger partial charge in [-0.3, -0.25) is 0 Å². The van der Waals surface area contributed by atoms with Gasteiger partial charge in [-0.25, -0.2) is 0 Å². The van der Waals surface area contributed by atoms with Gasteiger partial charge in [0.1, 0.15) is 0 Å². The highest BCUT2D eigenvalue weighted by Crippen LogP contribution is 2.23. The van der Waals surface area contributed by atoms with Crippen molar-refractivity contribution in [2.24, 2.45) is 0 Å². The van der Waals surface area contributed by atoms with Crippen LogP contribution in [0.2, 0.25) is 0 Å². The predicted molar refractivity (Wildman–Crippen MR) is 73.3 cm³/mol. The van der Waals surface area contributed by atoms with E-state index in [2.05, 4.69) is 50.2 Å². The molecule has 16 heavy (non-hydrogen) atoms. The molecule has 2 nitrogen and oxygen atoms in total. The van der Waals surface area contributed by atoms with Gasteiger partial charge in [-0.2, -0.15) is 0 Å². The Morgan fingerprint density at radius 2 is 2.12 bits per heavy atom. The van der Waals surface area contributed by atoms with Crippen LogP contribution in [0.5, 0.6) is 0 Å². The number of nitrogens with zero attached hydrogens (tertiary/aromatic N) is 1. The molecule has 0 aliphatic carbocycles. The molecule has 1 atom stereocenters. The van der Waals surface area contributed by atoms with Gasteiger partial charge in [0.05, 0.1) is 0 Å². The molecule has 1 heterocycles. The van der Waals surface area contributed by atoms with Gasteiger partial charge in [-0.05, 0) is 39.1 Å². The van der Waals surface area contributed by atoms with E-state index in [-0.39, 0.29) is 0 Å². The Hall–Kier alpha value is -0.380. The molecule has 0 aromatic carbocycles. The lowest BCUT2D eigenvalue weighted by Gasteiger charge is -2.17. The molecule has 1 rings (SSSR count). The molecule has 0 spiro atoms. The standard InChI is InChI=1S/C13H24N2S/c1-5-12-7-8-13(16-12)11(3)14-9-10-15(4)6-2/h7-8,11,14H,5-6,9-10H2,1-4H3. The molecule has 1 aromatic rings. The zero-order valence-corrected chi connectivity index (χ0v) is 11.7. The summed E-state index contributed by atoms with van der Waals surface area (Å²) in [5.41, 5.74) is 0. The fourth-order valence-corrected chi connectivity index (χ4v) is 2.53. The van der Waals surface area contributed by atoms with E-state index in [1.165, 1.54) is 9.75 Å². The highest BCUT2D eigenvalue weighted by Gasteiger charge is 2.07. The minimum Gasteiger partial charge on any atom is -0.308 e. The van der Waals surface area contributed by atoms with E-state index in [1.54, 1.807) is 0 Å². The summed E-state index contributed by atoms with van der Waals surface area (Å²) in [7, 11) is 2.16. The lowest BCUT2D eigenvalue weighted by Crippen LogP contribution is -2.30. The largest absolute Gasteiger partial charge is 0.308 e. The summed E-state index contributed by atoms with van der Waals surface area (Å²) in [6.07, 6.45) is 1.15. The van der Waals surface area contributed by atoms with Crippen LogP contribution in [0, 0.1) is 0 Å². The third-order valence-electron chi connectivity index (χ3n) is 2.94. The summed E-state index contributed by atoms with van der Waals surface area (Å²) >= 11 is 1.93. The molecule has 0 radical (unpaired) electrons. The molecule has 1 unspecified atom stereocenters. The minimum absolute atomic E-state index is 0.482. The van der Waals surface area contributed by atoms with Gasteiger partial charge in [0.25, 0.3) is 0 Å². The second kappa shape index (κ2) is 7.05. The molecule has 0 saturated heterocycles. The Balaban J connectivity index is 2.31. The highest BCUT2D eigenvalue weighted by molar-refractivity contribution is 7.12. The second-order valence-electron chi connectivity index (χ2n) is 4.23. The molecule has 0 fully saturated rings. The average Bonchev–Trinajstić information content (AvgIpc) is 2.77. The molecular weight excluding hydrogens is 216 g/mol. The van der Waals surface area contributed by atoms with Crippen molar-refractivity contribution in [1.29, 1.82) is 0 Å². The zero-order chi connectivity index (χ0) is 12.0. The molecule has 0 saturated carbocycles. The normalized spacial score (nSPS) is 13.3. The SMILES string of the molecule is CCc1ccc(C(C)NCCN(C)CC)s1. The van der Waals surface area contributed by atoms with Crippen molar-refractivity contribution in [1.82, 2.24) is 10.2 Å². The van der Waals surface area contributed by atoms with E-state index in [9.17, 15) is 0 Å². The summed E-state index contributed by atoms with van der Waals surface area (Å²) in [6.45, 7) is 9.95. The summed E-state index contributed by atoms with van der Waals surface area (Å²) in [4.78, 5) is 5.26. The molecule has 3 heteroatoms. The number of hydrogen-bond donors (Lipinski definition) is 1. The van der Waals surface area contributed by atoms with Gasteiger partial charge < -0.3 is 10.2 Å². The van der Waals surface area contributed by atoms with Crippen molar-refractivity contribution in [3.05, 3.63) is 21.9 Å². The van der Waals surface area contributed by atoms with Crippen molar-refractivity contribution < 1.29 is 0 Å². The van der Waals surface area contributed by atoms with E-state index >= 15 is 0 Å². The first-order valence-electron chi connectivity index (χ1n) is 6.17. The Morgan fingerprint density at radius 3 is 2.69 bits per heavy atom. The molecule has 0 aliphatic rings. The first-order chi connectivity index (χ1) is 7.67. The Labute approximate surface area is 104 Å². The topological polar surface area (TPSA) is 15.3 Å². The van der Waals surface area contributed by atoms with Crippen LogP contribution in [-0.4, -0.2) is 31.6 Å². The van der Waals surface area contributed by atoms with Crippen LogP contribution in [0.3, 0.4) is 0 Å². The Bertz CT molecular complexity index is 296. The van der Waals surface area contributed by atoms with Crippen molar-refractivity contribution >= 4 is 11.3 Å². The summed E-state index contributed by atoms with van der Waals surface area (Å²) in [5, 5.41) is 3.57. The van der Waals surface area contributed by atoms with E-state index in [0.717, 1.165) is 26.1 Å². The van der Waals surface area contributed by atoms with Crippen molar-refractivity contribution in [2.45, 2.75) is 33.2 Å².